The van der Waals surface area contributed by atoms with Gasteiger partial charge in [0.25, 0.3) is 0 Å². The smallest absolute Gasteiger partial charge is 0.220 e. The van der Waals surface area contributed by atoms with Crippen LogP contribution in [0.2, 0.25) is 0 Å². The van der Waals surface area contributed by atoms with Gasteiger partial charge in [0.1, 0.15) is 0 Å². The van der Waals surface area contributed by atoms with Gasteiger partial charge in [-0.15, -0.1) is 0 Å². The predicted octanol–water partition coefficient (Wildman–Crippen LogP) is 2.46. The lowest BCUT2D eigenvalue weighted by Crippen LogP contribution is -2.48. The van der Waals surface area contributed by atoms with Crippen molar-refractivity contribution >= 4 is 5.91 Å². The van der Waals surface area contributed by atoms with Crippen molar-refractivity contribution in [1.29, 1.82) is 0 Å². The summed E-state index contributed by atoms with van der Waals surface area (Å²) in [6.07, 6.45) is 9.82. The first-order chi connectivity index (χ1) is 8.75. The molecule has 18 heavy (non-hydrogen) atoms. The Morgan fingerprint density at radius 3 is 2.67 bits per heavy atom. The Morgan fingerprint density at radius 1 is 1.17 bits per heavy atom. The van der Waals surface area contributed by atoms with Gasteiger partial charge in [-0.1, -0.05) is 26.2 Å². The number of carbonyl (C=O) groups excluding carboxylic acids is 1. The lowest BCUT2D eigenvalue weighted by atomic mass is 9.87. The maximum absolute atomic E-state index is 11.9. The minimum absolute atomic E-state index is 0.265. The minimum Gasteiger partial charge on any atom is -0.355 e. The highest BCUT2D eigenvalue weighted by Gasteiger charge is 2.22. The highest BCUT2D eigenvalue weighted by Crippen LogP contribution is 2.26. The average molecular weight is 252 g/mol. The first kappa shape index (κ1) is 13.9. The molecule has 2 N–H and O–H groups in total. The van der Waals surface area contributed by atoms with Crippen LogP contribution in [0.5, 0.6) is 0 Å². The Hall–Kier alpha value is -0.570. The molecule has 2 atom stereocenters. The highest BCUT2D eigenvalue weighted by molar-refractivity contribution is 5.76. The van der Waals surface area contributed by atoms with E-state index in [-0.39, 0.29) is 5.91 Å². The van der Waals surface area contributed by atoms with Crippen molar-refractivity contribution in [2.45, 2.75) is 64.3 Å². The summed E-state index contributed by atoms with van der Waals surface area (Å²) < 4.78 is 0. The topological polar surface area (TPSA) is 41.1 Å². The van der Waals surface area contributed by atoms with E-state index < -0.39 is 0 Å². The van der Waals surface area contributed by atoms with E-state index in [1.165, 1.54) is 44.9 Å². The van der Waals surface area contributed by atoms with Gasteiger partial charge in [0.2, 0.25) is 5.91 Å². The van der Waals surface area contributed by atoms with Crippen LogP contribution in [0.1, 0.15) is 58.3 Å². The zero-order valence-electron chi connectivity index (χ0n) is 11.7. The van der Waals surface area contributed by atoms with Gasteiger partial charge in [0, 0.05) is 19.0 Å². The van der Waals surface area contributed by atoms with E-state index >= 15 is 0 Å². The van der Waals surface area contributed by atoms with Crippen LogP contribution in [0.3, 0.4) is 0 Å². The third-order valence-electron chi connectivity index (χ3n) is 4.65. The summed E-state index contributed by atoms with van der Waals surface area (Å²) in [4.78, 5) is 11.9. The Labute approximate surface area is 111 Å². The molecule has 0 aromatic heterocycles. The van der Waals surface area contributed by atoms with E-state index in [2.05, 4.69) is 17.6 Å². The van der Waals surface area contributed by atoms with Crippen LogP contribution in [0.4, 0.5) is 0 Å². The van der Waals surface area contributed by atoms with Crippen molar-refractivity contribution in [3.8, 4) is 0 Å². The highest BCUT2D eigenvalue weighted by atomic mass is 16.1. The fourth-order valence-corrected chi connectivity index (χ4v) is 3.34. The first-order valence-electron chi connectivity index (χ1n) is 7.76. The van der Waals surface area contributed by atoms with E-state index in [4.69, 9.17) is 0 Å². The molecule has 0 aromatic rings. The maximum Gasteiger partial charge on any atom is 0.220 e. The van der Waals surface area contributed by atoms with E-state index in [1.54, 1.807) is 0 Å². The molecule has 0 radical (unpaired) electrons. The molecule has 0 spiro atoms. The second kappa shape index (κ2) is 7.13. The van der Waals surface area contributed by atoms with E-state index in [9.17, 15) is 4.79 Å². The largest absolute Gasteiger partial charge is 0.355 e. The third-order valence-corrected chi connectivity index (χ3v) is 4.65. The number of hydrogen-bond acceptors (Lipinski definition) is 2. The second-order valence-corrected chi connectivity index (χ2v) is 6.19. The molecule has 1 heterocycles. The number of rotatable bonds is 4. The summed E-state index contributed by atoms with van der Waals surface area (Å²) in [7, 11) is 0. The van der Waals surface area contributed by atoms with Crippen LogP contribution in [0.25, 0.3) is 0 Å². The summed E-state index contributed by atoms with van der Waals surface area (Å²) in [6, 6.07) is 0.481. The van der Waals surface area contributed by atoms with Crippen LogP contribution >= 0.6 is 0 Å². The van der Waals surface area contributed by atoms with Gasteiger partial charge >= 0.3 is 0 Å². The molecule has 1 saturated heterocycles. The fourth-order valence-electron chi connectivity index (χ4n) is 3.34. The summed E-state index contributed by atoms with van der Waals surface area (Å²) in [5, 5.41) is 6.64. The zero-order chi connectivity index (χ0) is 12.8. The Kier molecular flexibility index (Phi) is 5.48. The SMILES string of the molecule is CC1CCCNC1CNC(=O)CC1CCCCC1. The van der Waals surface area contributed by atoms with Crippen LogP contribution in [0, 0.1) is 11.8 Å². The molecule has 2 rings (SSSR count). The number of nitrogens with one attached hydrogen (secondary N) is 2. The van der Waals surface area contributed by atoms with Crippen molar-refractivity contribution < 1.29 is 4.79 Å². The van der Waals surface area contributed by atoms with Crippen molar-refractivity contribution in [2.24, 2.45) is 11.8 Å². The molecule has 2 aliphatic rings. The molecular formula is C15H28N2O. The monoisotopic (exact) mass is 252 g/mol. The molecule has 1 amide bonds. The molecule has 1 aliphatic heterocycles. The van der Waals surface area contributed by atoms with Crippen LogP contribution in [-0.2, 0) is 4.79 Å². The van der Waals surface area contributed by atoms with Crippen molar-refractivity contribution in [2.75, 3.05) is 13.1 Å². The van der Waals surface area contributed by atoms with Crippen molar-refractivity contribution in [1.82, 2.24) is 10.6 Å². The number of carbonyl (C=O) groups is 1. The van der Waals surface area contributed by atoms with Gasteiger partial charge in [0.05, 0.1) is 0 Å². The molecule has 1 aliphatic carbocycles. The molecule has 0 aromatic carbocycles. The van der Waals surface area contributed by atoms with E-state index in [1.807, 2.05) is 0 Å². The second-order valence-electron chi connectivity index (χ2n) is 6.19. The van der Waals surface area contributed by atoms with Gasteiger partial charge in [-0.05, 0) is 44.1 Å². The molecule has 3 heteroatoms. The summed E-state index contributed by atoms with van der Waals surface area (Å²) in [5.41, 5.74) is 0. The predicted molar refractivity (Wildman–Crippen MR) is 74.4 cm³/mol. The molecule has 1 saturated carbocycles. The van der Waals surface area contributed by atoms with Gasteiger partial charge in [-0.2, -0.15) is 0 Å². The molecule has 2 fully saturated rings. The molecule has 104 valence electrons. The third kappa shape index (κ3) is 4.27. The fraction of sp³-hybridized carbons (Fsp3) is 0.933. The lowest BCUT2D eigenvalue weighted by molar-refractivity contribution is -0.122. The van der Waals surface area contributed by atoms with Crippen LogP contribution in [0.15, 0.2) is 0 Å². The van der Waals surface area contributed by atoms with Crippen LogP contribution in [-0.4, -0.2) is 25.0 Å². The van der Waals surface area contributed by atoms with Crippen molar-refractivity contribution in [3.05, 3.63) is 0 Å². The van der Waals surface area contributed by atoms with Gasteiger partial charge < -0.3 is 10.6 Å². The molecular weight excluding hydrogens is 224 g/mol. The molecule has 2 unspecified atom stereocenters. The van der Waals surface area contributed by atoms with Crippen molar-refractivity contribution in [3.63, 3.8) is 0 Å². The molecule has 3 nitrogen and oxygen atoms in total. The summed E-state index contributed by atoms with van der Waals surface area (Å²) in [6.45, 7) is 4.20. The van der Waals surface area contributed by atoms with Gasteiger partial charge in [-0.25, -0.2) is 0 Å². The van der Waals surface area contributed by atoms with Gasteiger partial charge in [-0.3, -0.25) is 4.79 Å². The van der Waals surface area contributed by atoms with E-state index in [0.717, 1.165) is 19.5 Å². The Balaban J connectivity index is 1.64. The number of hydrogen-bond donors (Lipinski definition) is 2. The number of piperidine rings is 1. The lowest BCUT2D eigenvalue weighted by Gasteiger charge is -2.30. The van der Waals surface area contributed by atoms with E-state index in [0.29, 0.717) is 17.9 Å². The first-order valence-corrected chi connectivity index (χ1v) is 7.76. The Morgan fingerprint density at radius 2 is 1.94 bits per heavy atom. The number of amides is 1. The normalized spacial score (nSPS) is 30.1. The quantitative estimate of drug-likeness (QED) is 0.807. The van der Waals surface area contributed by atoms with Gasteiger partial charge in [0.15, 0.2) is 0 Å². The summed E-state index contributed by atoms with van der Waals surface area (Å²) in [5.74, 6) is 1.60. The standard InChI is InChI=1S/C15H28N2O/c1-12-6-5-9-16-14(12)11-17-15(18)10-13-7-3-2-4-8-13/h12-14,16H,2-11H2,1H3,(H,17,18). The molecule has 0 bridgehead atoms. The average Bonchev–Trinajstić information content (AvgIpc) is 2.39. The zero-order valence-corrected chi connectivity index (χ0v) is 11.7. The Bertz CT molecular complexity index is 261. The van der Waals surface area contributed by atoms with Crippen LogP contribution < -0.4 is 10.6 Å². The summed E-state index contributed by atoms with van der Waals surface area (Å²) >= 11 is 0. The maximum atomic E-state index is 11.9. The minimum atomic E-state index is 0.265.